The lowest BCUT2D eigenvalue weighted by Gasteiger charge is -2.39. The van der Waals surface area contributed by atoms with Gasteiger partial charge < -0.3 is 20.3 Å². The Kier molecular flexibility index (Phi) is 5.23. The van der Waals surface area contributed by atoms with E-state index in [0.29, 0.717) is 23.9 Å². The quantitative estimate of drug-likeness (QED) is 0.894. The number of ether oxygens (including phenoxy) is 1. The topological polar surface area (TPSA) is 58.8 Å². The Morgan fingerprint density at radius 3 is 2.75 bits per heavy atom. The number of likely N-dealkylation sites (N-methyl/N-ethyl adjacent to an activating group) is 1. The third-order valence-corrected chi connectivity index (χ3v) is 3.71. The maximum absolute atomic E-state index is 12.2. The van der Waals surface area contributed by atoms with Gasteiger partial charge in [0.1, 0.15) is 5.75 Å². The van der Waals surface area contributed by atoms with Crippen LogP contribution in [0.4, 0.5) is 0 Å². The number of carbonyl (C=O) groups excluding carboxylic acids is 1. The minimum atomic E-state index is -0.0245. The van der Waals surface area contributed by atoms with E-state index < -0.39 is 0 Å². The number of rotatable bonds is 4. The number of nitrogens with two attached hydrogens (primary N) is 1. The average molecular weight is 298 g/mol. The molecule has 0 aromatic heterocycles. The van der Waals surface area contributed by atoms with Gasteiger partial charge in [0.05, 0.1) is 6.04 Å². The van der Waals surface area contributed by atoms with Crippen LogP contribution in [0.25, 0.3) is 0 Å². The van der Waals surface area contributed by atoms with Crippen molar-refractivity contribution in [2.24, 2.45) is 5.73 Å². The minimum Gasteiger partial charge on any atom is -0.484 e. The molecule has 5 nitrogen and oxygen atoms in total. The van der Waals surface area contributed by atoms with Crippen LogP contribution in [0.3, 0.4) is 0 Å². The van der Waals surface area contributed by atoms with E-state index in [-0.39, 0.29) is 18.6 Å². The van der Waals surface area contributed by atoms with Crippen LogP contribution in [0.15, 0.2) is 24.3 Å². The molecule has 1 saturated heterocycles. The van der Waals surface area contributed by atoms with Gasteiger partial charge >= 0.3 is 0 Å². The fraction of sp³-hybridized carbons (Fsp3) is 0.500. The highest BCUT2D eigenvalue weighted by atomic mass is 35.5. The Hall–Kier alpha value is -1.30. The molecule has 1 unspecified atom stereocenters. The zero-order chi connectivity index (χ0) is 14.5. The SMILES string of the molecule is CN1CCN(C(=O)COc2ccc(Cl)cc2)C(CN)C1. The average Bonchev–Trinajstić information content (AvgIpc) is 2.46. The molecule has 1 heterocycles. The standard InChI is InChI=1S/C14H20ClN3O2/c1-17-6-7-18(12(8-16)9-17)14(19)10-20-13-4-2-11(15)3-5-13/h2-5,12H,6-10,16H2,1H3. The second kappa shape index (κ2) is 6.92. The molecule has 0 spiro atoms. The van der Waals surface area contributed by atoms with Crippen LogP contribution in [0.5, 0.6) is 5.75 Å². The molecule has 1 fully saturated rings. The number of hydrogen-bond acceptors (Lipinski definition) is 4. The predicted octanol–water partition coefficient (Wildman–Crippen LogP) is 0.820. The largest absolute Gasteiger partial charge is 0.484 e. The monoisotopic (exact) mass is 297 g/mol. The third kappa shape index (κ3) is 3.85. The van der Waals surface area contributed by atoms with Gasteiger partial charge in [0.25, 0.3) is 5.91 Å². The summed E-state index contributed by atoms with van der Waals surface area (Å²) >= 11 is 5.80. The van der Waals surface area contributed by atoms with E-state index >= 15 is 0 Å². The summed E-state index contributed by atoms with van der Waals surface area (Å²) in [6.07, 6.45) is 0. The third-order valence-electron chi connectivity index (χ3n) is 3.45. The van der Waals surface area contributed by atoms with Crippen molar-refractivity contribution in [1.82, 2.24) is 9.80 Å². The highest BCUT2D eigenvalue weighted by Crippen LogP contribution is 2.16. The first kappa shape index (κ1) is 15.1. The van der Waals surface area contributed by atoms with E-state index in [0.717, 1.165) is 13.1 Å². The first-order chi connectivity index (χ1) is 9.60. The molecule has 1 amide bonds. The first-order valence-corrected chi connectivity index (χ1v) is 7.04. The Morgan fingerprint density at radius 2 is 2.10 bits per heavy atom. The fourth-order valence-electron chi connectivity index (χ4n) is 2.30. The van der Waals surface area contributed by atoms with Gasteiger partial charge in [-0.05, 0) is 31.3 Å². The molecule has 1 aromatic carbocycles. The zero-order valence-electron chi connectivity index (χ0n) is 11.6. The van der Waals surface area contributed by atoms with Crippen LogP contribution >= 0.6 is 11.6 Å². The smallest absolute Gasteiger partial charge is 0.260 e. The van der Waals surface area contributed by atoms with Crippen molar-refractivity contribution >= 4 is 17.5 Å². The number of piperazine rings is 1. The van der Waals surface area contributed by atoms with Crippen LogP contribution in [0.1, 0.15) is 0 Å². The molecular formula is C14H20ClN3O2. The van der Waals surface area contributed by atoms with Gasteiger partial charge in [0.2, 0.25) is 0 Å². The molecule has 2 N–H and O–H groups in total. The lowest BCUT2D eigenvalue weighted by Crippen LogP contribution is -2.57. The lowest BCUT2D eigenvalue weighted by molar-refractivity contribution is -0.137. The van der Waals surface area contributed by atoms with E-state index in [4.69, 9.17) is 22.1 Å². The molecule has 0 bridgehead atoms. The normalized spacial score (nSPS) is 19.9. The van der Waals surface area contributed by atoms with Crippen LogP contribution in [0.2, 0.25) is 5.02 Å². The summed E-state index contributed by atoms with van der Waals surface area (Å²) in [7, 11) is 2.04. The Balaban J connectivity index is 1.89. The van der Waals surface area contributed by atoms with E-state index in [9.17, 15) is 4.79 Å². The van der Waals surface area contributed by atoms with E-state index in [1.165, 1.54) is 0 Å². The van der Waals surface area contributed by atoms with Gasteiger partial charge in [0, 0.05) is 31.2 Å². The summed E-state index contributed by atoms with van der Waals surface area (Å²) in [5, 5.41) is 0.644. The van der Waals surface area contributed by atoms with Crippen molar-refractivity contribution in [3.05, 3.63) is 29.3 Å². The summed E-state index contributed by atoms with van der Waals surface area (Å²) in [6, 6.07) is 7.04. The van der Waals surface area contributed by atoms with E-state index in [2.05, 4.69) is 4.90 Å². The van der Waals surface area contributed by atoms with Gasteiger partial charge in [0.15, 0.2) is 6.61 Å². The summed E-state index contributed by atoms with van der Waals surface area (Å²) in [5.74, 6) is 0.615. The highest BCUT2D eigenvalue weighted by molar-refractivity contribution is 6.30. The molecule has 1 atom stereocenters. The second-order valence-electron chi connectivity index (χ2n) is 4.98. The minimum absolute atomic E-state index is 0.0245. The maximum Gasteiger partial charge on any atom is 0.260 e. The van der Waals surface area contributed by atoms with Crippen molar-refractivity contribution in [3.8, 4) is 5.75 Å². The van der Waals surface area contributed by atoms with Gasteiger partial charge in [-0.2, -0.15) is 0 Å². The summed E-state index contributed by atoms with van der Waals surface area (Å²) < 4.78 is 5.49. The van der Waals surface area contributed by atoms with Gasteiger partial charge in [-0.25, -0.2) is 0 Å². The van der Waals surface area contributed by atoms with Crippen molar-refractivity contribution in [1.29, 1.82) is 0 Å². The fourth-order valence-corrected chi connectivity index (χ4v) is 2.43. The van der Waals surface area contributed by atoms with Crippen molar-refractivity contribution in [2.75, 3.05) is 39.8 Å². The number of nitrogens with zero attached hydrogens (tertiary/aromatic N) is 2. The number of halogens is 1. The highest BCUT2D eigenvalue weighted by Gasteiger charge is 2.28. The molecule has 20 heavy (non-hydrogen) atoms. The summed E-state index contributed by atoms with van der Waals surface area (Å²) in [5.41, 5.74) is 5.74. The van der Waals surface area contributed by atoms with Crippen molar-refractivity contribution < 1.29 is 9.53 Å². The molecule has 110 valence electrons. The number of hydrogen-bond donors (Lipinski definition) is 1. The Labute approximate surface area is 124 Å². The van der Waals surface area contributed by atoms with Crippen LogP contribution in [-0.4, -0.2) is 61.6 Å². The second-order valence-corrected chi connectivity index (χ2v) is 5.42. The molecule has 0 radical (unpaired) electrons. The molecule has 0 aliphatic carbocycles. The first-order valence-electron chi connectivity index (χ1n) is 6.66. The van der Waals surface area contributed by atoms with Gasteiger partial charge in [-0.1, -0.05) is 11.6 Å². The summed E-state index contributed by atoms with van der Waals surface area (Å²) in [4.78, 5) is 16.2. The molecule has 1 aliphatic rings. The van der Waals surface area contributed by atoms with Crippen LogP contribution in [0, 0.1) is 0 Å². The molecule has 0 saturated carbocycles. The zero-order valence-corrected chi connectivity index (χ0v) is 12.3. The number of amides is 1. The lowest BCUT2D eigenvalue weighted by atomic mass is 10.1. The van der Waals surface area contributed by atoms with Gasteiger partial charge in [-0.15, -0.1) is 0 Å². The molecule has 2 rings (SSSR count). The molecule has 1 aliphatic heterocycles. The number of benzene rings is 1. The van der Waals surface area contributed by atoms with Crippen LogP contribution < -0.4 is 10.5 Å². The molecular weight excluding hydrogens is 278 g/mol. The van der Waals surface area contributed by atoms with Gasteiger partial charge in [-0.3, -0.25) is 4.79 Å². The predicted molar refractivity (Wildman–Crippen MR) is 79.0 cm³/mol. The maximum atomic E-state index is 12.2. The van der Waals surface area contributed by atoms with Crippen LogP contribution in [-0.2, 0) is 4.79 Å². The summed E-state index contributed by atoms with van der Waals surface area (Å²) in [6.45, 7) is 2.87. The molecule has 6 heteroatoms. The number of carbonyl (C=O) groups is 1. The Bertz CT molecular complexity index is 452. The molecule has 1 aromatic rings. The van der Waals surface area contributed by atoms with E-state index in [1.807, 2.05) is 11.9 Å². The van der Waals surface area contributed by atoms with E-state index in [1.54, 1.807) is 24.3 Å². The van der Waals surface area contributed by atoms with Crippen molar-refractivity contribution in [3.63, 3.8) is 0 Å². The van der Waals surface area contributed by atoms with Crippen molar-refractivity contribution in [2.45, 2.75) is 6.04 Å². The Morgan fingerprint density at radius 1 is 1.40 bits per heavy atom.